The Balaban J connectivity index is 1.77. The highest BCUT2D eigenvalue weighted by Crippen LogP contribution is 2.31. The SMILES string of the molecule is CN(C)C(=O)[C@@H](OC(=O)[C@H]1COc2ccc(Cl)cc2C1)c1ccccc1. The van der Waals surface area contributed by atoms with Crippen LogP contribution in [0.3, 0.4) is 0 Å². The molecule has 1 aliphatic heterocycles. The molecule has 0 bridgehead atoms. The molecule has 1 heterocycles. The first-order valence-corrected chi connectivity index (χ1v) is 8.71. The van der Waals surface area contributed by atoms with Gasteiger partial charge in [0, 0.05) is 24.7 Å². The van der Waals surface area contributed by atoms with Crippen LogP contribution in [0.4, 0.5) is 0 Å². The Bertz CT molecular complexity index is 807. The Hall–Kier alpha value is -2.53. The van der Waals surface area contributed by atoms with Crippen molar-refractivity contribution in [2.24, 2.45) is 5.92 Å². The average molecular weight is 374 g/mol. The van der Waals surface area contributed by atoms with E-state index in [2.05, 4.69) is 0 Å². The summed E-state index contributed by atoms with van der Waals surface area (Å²) in [7, 11) is 3.27. The third kappa shape index (κ3) is 3.99. The molecule has 0 aliphatic carbocycles. The number of ether oxygens (including phenoxy) is 2. The second-order valence-electron chi connectivity index (χ2n) is 6.42. The van der Waals surface area contributed by atoms with Crippen molar-refractivity contribution < 1.29 is 19.1 Å². The van der Waals surface area contributed by atoms with Crippen molar-refractivity contribution in [3.05, 3.63) is 64.7 Å². The second kappa shape index (κ2) is 7.79. The smallest absolute Gasteiger partial charge is 0.313 e. The fraction of sp³-hybridized carbons (Fsp3) is 0.300. The summed E-state index contributed by atoms with van der Waals surface area (Å²) in [5, 5.41) is 0.589. The molecule has 2 aromatic rings. The van der Waals surface area contributed by atoms with E-state index in [9.17, 15) is 9.59 Å². The number of hydrogen-bond acceptors (Lipinski definition) is 4. The van der Waals surface area contributed by atoms with Crippen molar-refractivity contribution in [3.8, 4) is 5.75 Å². The second-order valence-corrected chi connectivity index (χ2v) is 6.86. The summed E-state index contributed by atoms with van der Waals surface area (Å²) >= 11 is 6.02. The minimum absolute atomic E-state index is 0.213. The molecule has 0 N–H and O–H groups in total. The molecule has 0 saturated carbocycles. The number of rotatable bonds is 4. The zero-order valence-corrected chi connectivity index (χ0v) is 15.4. The molecule has 1 amide bonds. The Labute approximate surface area is 157 Å². The number of amides is 1. The predicted octanol–water partition coefficient (Wildman–Crippen LogP) is 3.26. The van der Waals surface area contributed by atoms with E-state index in [-0.39, 0.29) is 12.5 Å². The molecule has 136 valence electrons. The third-order valence-electron chi connectivity index (χ3n) is 4.26. The Morgan fingerprint density at radius 3 is 2.62 bits per heavy atom. The number of benzene rings is 2. The summed E-state index contributed by atoms with van der Waals surface area (Å²) in [6.45, 7) is 0.213. The number of carbonyl (C=O) groups is 2. The largest absolute Gasteiger partial charge is 0.492 e. The van der Waals surface area contributed by atoms with Gasteiger partial charge in [0.2, 0.25) is 6.10 Å². The minimum Gasteiger partial charge on any atom is -0.492 e. The first-order chi connectivity index (χ1) is 12.5. The summed E-state index contributed by atoms with van der Waals surface area (Å²) in [5.74, 6) is -0.506. The Morgan fingerprint density at radius 2 is 1.92 bits per heavy atom. The van der Waals surface area contributed by atoms with Gasteiger partial charge in [0.1, 0.15) is 12.4 Å². The molecular weight excluding hydrogens is 354 g/mol. The van der Waals surface area contributed by atoms with Gasteiger partial charge in [0.05, 0.1) is 5.92 Å². The molecule has 0 unspecified atom stereocenters. The number of hydrogen-bond donors (Lipinski definition) is 0. The molecule has 0 radical (unpaired) electrons. The highest BCUT2D eigenvalue weighted by atomic mass is 35.5. The van der Waals surface area contributed by atoms with Crippen LogP contribution in [0.15, 0.2) is 48.5 Å². The molecule has 5 nitrogen and oxygen atoms in total. The maximum Gasteiger partial charge on any atom is 0.313 e. The van der Waals surface area contributed by atoms with Crippen molar-refractivity contribution in [1.29, 1.82) is 0 Å². The van der Waals surface area contributed by atoms with Crippen LogP contribution in [0.5, 0.6) is 5.75 Å². The molecule has 0 aromatic heterocycles. The highest BCUT2D eigenvalue weighted by molar-refractivity contribution is 6.30. The number of nitrogens with zero attached hydrogens (tertiary/aromatic N) is 1. The van der Waals surface area contributed by atoms with Gasteiger partial charge in [0.15, 0.2) is 0 Å². The molecule has 26 heavy (non-hydrogen) atoms. The molecule has 0 fully saturated rings. The van der Waals surface area contributed by atoms with Crippen molar-refractivity contribution in [2.45, 2.75) is 12.5 Å². The zero-order valence-electron chi connectivity index (χ0n) is 14.6. The Morgan fingerprint density at radius 1 is 1.19 bits per heavy atom. The van der Waals surface area contributed by atoms with Gasteiger partial charge in [0.25, 0.3) is 5.91 Å². The van der Waals surface area contributed by atoms with E-state index >= 15 is 0 Å². The molecule has 2 atom stereocenters. The van der Waals surface area contributed by atoms with Crippen LogP contribution < -0.4 is 4.74 Å². The van der Waals surface area contributed by atoms with Gasteiger partial charge < -0.3 is 14.4 Å². The summed E-state index contributed by atoms with van der Waals surface area (Å²) in [4.78, 5) is 26.6. The van der Waals surface area contributed by atoms with E-state index in [1.54, 1.807) is 56.6 Å². The van der Waals surface area contributed by atoms with Crippen molar-refractivity contribution in [3.63, 3.8) is 0 Å². The molecule has 0 saturated heterocycles. The normalized spacial score (nSPS) is 16.8. The molecule has 2 aromatic carbocycles. The molecule has 0 spiro atoms. The predicted molar refractivity (Wildman–Crippen MR) is 98.1 cm³/mol. The van der Waals surface area contributed by atoms with Crippen molar-refractivity contribution in [1.82, 2.24) is 4.90 Å². The first-order valence-electron chi connectivity index (χ1n) is 8.33. The van der Waals surface area contributed by atoms with E-state index in [4.69, 9.17) is 21.1 Å². The van der Waals surface area contributed by atoms with E-state index in [0.29, 0.717) is 17.0 Å². The van der Waals surface area contributed by atoms with E-state index in [1.165, 1.54) is 4.90 Å². The van der Waals surface area contributed by atoms with Crippen LogP contribution in [-0.2, 0) is 20.7 Å². The fourth-order valence-electron chi connectivity index (χ4n) is 2.85. The monoisotopic (exact) mass is 373 g/mol. The summed E-state index contributed by atoms with van der Waals surface area (Å²) in [5.41, 5.74) is 1.50. The van der Waals surface area contributed by atoms with Crippen LogP contribution in [0.25, 0.3) is 0 Å². The highest BCUT2D eigenvalue weighted by Gasteiger charge is 2.32. The van der Waals surface area contributed by atoms with Crippen molar-refractivity contribution in [2.75, 3.05) is 20.7 Å². The van der Waals surface area contributed by atoms with E-state index in [1.807, 2.05) is 6.07 Å². The minimum atomic E-state index is -0.973. The maximum absolute atomic E-state index is 12.7. The van der Waals surface area contributed by atoms with Crippen LogP contribution in [-0.4, -0.2) is 37.5 Å². The van der Waals surface area contributed by atoms with Gasteiger partial charge in [-0.3, -0.25) is 9.59 Å². The van der Waals surface area contributed by atoms with Gasteiger partial charge >= 0.3 is 5.97 Å². The molecular formula is C20H20ClNO4. The quantitative estimate of drug-likeness (QED) is 0.772. The van der Waals surface area contributed by atoms with Crippen LogP contribution in [0, 0.1) is 5.92 Å². The van der Waals surface area contributed by atoms with E-state index in [0.717, 1.165) is 11.3 Å². The van der Waals surface area contributed by atoms with Crippen LogP contribution >= 0.6 is 11.6 Å². The lowest BCUT2D eigenvalue weighted by atomic mass is 9.96. The topological polar surface area (TPSA) is 55.8 Å². The standard InChI is InChI=1S/C20H20ClNO4/c1-22(2)19(23)18(13-6-4-3-5-7-13)26-20(24)15-10-14-11-16(21)8-9-17(14)25-12-15/h3-9,11,15,18H,10,12H2,1-2H3/t15-,18+/m1/s1. The third-order valence-corrected chi connectivity index (χ3v) is 4.50. The van der Waals surface area contributed by atoms with Gasteiger partial charge in [-0.05, 0) is 30.2 Å². The lowest BCUT2D eigenvalue weighted by Gasteiger charge is -2.27. The zero-order chi connectivity index (χ0) is 18.7. The Kier molecular flexibility index (Phi) is 5.47. The summed E-state index contributed by atoms with van der Waals surface area (Å²) in [6, 6.07) is 14.3. The summed E-state index contributed by atoms with van der Waals surface area (Å²) < 4.78 is 11.3. The van der Waals surface area contributed by atoms with Gasteiger partial charge in [-0.2, -0.15) is 0 Å². The van der Waals surface area contributed by atoms with Gasteiger partial charge in [-0.25, -0.2) is 0 Å². The fourth-order valence-corrected chi connectivity index (χ4v) is 3.04. The lowest BCUT2D eigenvalue weighted by Crippen LogP contribution is -2.35. The maximum atomic E-state index is 12.7. The van der Waals surface area contributed by atoms with Crippen LogP contribution in [0.2, 0.25) is 5.02 Å². The first kappa shape index (κ1) is 18.3. The van der Waals surface area contributed by atoms with Gasteiger partial charge in [-0.15, -0.1) is 0 Å². The van der Waals surface area contributed by atoms with Gasteiger partial charge in [-0.1, -0.05) is 41.9 Å². The van der Waals surface area contributed by atoms with E-state index < -0.39 is 18.0 Å². The molecule has 3 rings (SSSR count). The summed E-state index contributed by atoms with van der Waals surface area (Å²) in [6.07, 6.45) is -0.508. The molecule has 6 heteroatoms. The number of likely N-dealkylation sites (N-methyl/N-ethyl adjacent to an activating group) is 1. The average Bonchev–Trinajstić information content (AvgIpc) is 2.65. The lowest BCUT2D eigenvalue weighted by molar-refractivity contribution is -0.164. The van der Waals surface area contributed by atoms with Crippen molar-refractivity contribution >= 4 is 23.5 Å². The number of esters is 1. The number of halogens is 1. The number of carbonyl (C=O) groups excluding carboxylic acids is 2. The molecule has 1 aliphatic rings. The number of fused-ring (bicyclic) bond motifs is 1. The van der Waals surface area contributed by atoms with Crippen LogP contribution in [0.1, 0.15) is 17.2 Å².